The van der Waals surface area contributed by atoms with Gasteiger partial charge < -0.3 is 18.9 Å². The van der Waals surface area contributed by atoms with E-state index in [1.165, 1.54) is 16.9 Å². The summed E-state index contributed by atoms with van der Waals surface area (Å²) in [7, 11) is 4.58. The molecule has 2 heterocycles. The van der Waals surface area contributed by atoms with E-state index in [9.17, 15) is 9.59 Å². The normalized spacial score (nSPS) is 17.6. The molecule has 1 aromatic heterocycles. The molecule has 2 rings (SSSR count). The Morgan fingerprint density at radius 2 is 2.17 bits per heavy atom. The lowest BCUT2D eigenvalue weighted by molar-refractivity contribution is -0.137. The second kappa shape index (κ2) is 8.62. The summed E-state index contributed by atoms with van der Waals surface area (Å²) in [6.07, 6.45) is 2.48. The Hall–Kier alpha value is -2.16. The molecule has 1 aliphatic rings. The topological polar surface area (TPSA) is 98.0 Å². The Balaban J connectivity index is 1.97. The second-order valence-corrected chi connectivity index (χ2v) is 5.72. The standard InChI is InChI=1S/C15H24N4O5/c1-18(10-13-16-12(17-24-13)7-9-22-2)14(20)11-6-4-5-8-19(11)15(21)23-3/h11H,4-10H2,1-3H3/t11-/m1/s1. The van der Waals surface area contributed by atoms with E-state index >= 15 is 0 Å². The fraction of sp³-hybridized carbons (Fsp3) is 0.733. The predicted molar refractivity (Wildman–Crippen MR) is 83.1 cm³/mol. The maximum atomic E-state index is 12.7. The van der Waals surface area contributed by atoms with Crippen molar-refractivity contribution in [2.75, 3.05) is 34.4 Å². The molecule has 2 amide bonds. The lowest BCUT2D eigenvalue weighted by Gasteiger charge is -2.35. The number of likely N-dealkylation sites (tertiary alicyclic amines) is 1. The highest BCUT2D eigenvalue weighted by atomic mass is 16.5. The Morgan fingerprint density at radius 3 is 2.88 bits per heavy atom. The lowest BCUT2D eigenvalue weighted by atomic mass is 10.0. The Bertz CT molecular complexity index is 562. The predicted octanol–water partition coefficient (Wildman–Crippen LogP) is 0.838. The Morgan fingerprint density at radius 1 is 1.38 bits per heavy atom. The van der Waals surface area contributed by atoms with Gasteiger partial charge in [0.1, 0.15) is 6.04 Å². The van der Waals surface area contributed by atoms with E-state index in [0.29, 0.717) is 37.7 Å². The second-order valence-electron chi connectivity index (χ2n) is 5.72. The monoisotopic (exact) mass is 340 g/mol. The molecule has 1 saturated heterocycles. The highest BCUT2D eigenvalue weighted by Crippen LogP contribution is 2.20. The first-order chi connectivity index (χ1) is 11.6. The molecule has 9 nitrogen and oxygen atoms in total. The highest BCUT2D eigenvalue weighted by molar-refractivity contribution is 5.85. The van der Waals surface area contributed by atoms with Crippen LogP contribution >= 0.6 is 0 Å². The van der Waals surface area contributed by atoms with Crippen molar-refractivity contribution in [3.05, 3.63) is 11.7 Å². The van der Waals surface area contributed by atoms with Crippen LogP contribution in [-0.2, 0) is 27.2 Å². The molecule has 1 fully saturated rings. The summed E-state index contributed by atoms with van der Waals surface area (Å²) < 4.78 is 14.9. The van der Waals surface area contributed by atoms with Gasteiger partial charge in [0.05, 0.1) is 20.3 Å². The van der Waals surface area contributed by atoms with E-state index in [1.807, 2.05) is 0 Å². The number of rotatable bonds is 6. The van der Waals surface area contributed by atoms with Crippen molar-refractivity contribution < 1.29 is 23.6 Å². The summed E-state index contributed by atoms with van der Waals surface area (Å²) in [5.41, 5.74) is 0. The highest BCUT2D eigenvalue weighted by Gasteiger charge is 2.34. The summed E-state index contributed by atoms with van der Waals surface area (Å²) in [6, 6.07) is -0.507. The number of hydrogen-bond acceptors (Lipinski definition) is 7. The van der Waals surface area contributed by atoms with E-state index < -0.39 is 12.1 Å². The average Bonchev–Trinajstić information content (AvgIpc) is 3.05. The molecule has 1 aliphatic heterocycles. The van der Waals surface area contributed by atoms with Crippen LogP contribution in [0.5, 0.6) is 0 Å². The van der Waals surface area contributed by atoms with Crippen LogP contribution in [0, 0.1) is 0 Å². The van der Waals surface area contributed by atoms with Crippen molar-refractivity contribution in [3.63, 3.8) is 0 Å². The van der Waals surface area contributed by atoms with Crippen molar-refractivity contribution in [1.82, 2.24) is 19.9 Å². The smallest absolute Gasteiger partial charge is 0.410 e. The summed E-state index contributed by atoms with van der Waals surface area (Å²) in [5.74, 6) is 0.746. The van der Waals surface area contributed by atoms with Crippen molar-refractivity contribution in [2.45, 2.75) is 38.3 Å². The first kappa shape index (κ1) is 18.2. The Kier molecular flexibility index (Phi) is 6.53. The minimum Gasteiger partial charge on any atom is -0.453 e. The number of amides is 2. The van der Waals surface area contributed by atoms with E-state index in [0.717, 1.165) is 12.8 Å². The number of piperidine rings is 1. The van der Waals surface area contributed by atoms with Crippen LogP contribution in [0.2, 0.25) is 0 Å². The lowest BCUT2D eigenvalue weighted by Crippen LogP contribution is -2.52. The molecule has 0 spiro atoms. The van der Waals surface area contributed by atoms with Crippen molar-refractivity contribution in [1.29, 1.82) is 0 Å². The molecule has 0 saturated carbocycles. The zero-order chi connectivity index (χ0) is 17.5. The van der Waals surface area contributed by atoms with E-state index in [-0.39, 0.29) is 12.5 Å². The number of methoxy groups -OCH3 is 2. The number of likely N-dealkylation sites (N-methyl/N-ethyl adjacent to an activating group) is 1. The first-order valence-corrected chi connectivity index (χ1v) is 7.96. The van der Waals surface area contributed by atoms with E-state index in [2.05, 4.69) is 10.1 Å². The van der Waals surface area contributed by atoms with Crippen molar-refractivity contribution in [2.24, 2.45) is 0 Å². The molecule has 134 valence electrons. The van der Waals surface area contributed by atoms with Gasteiger partial charge >= 0.3 is 6.09 Å². The fourth-order valence-electron chi connectivity index (χ4n) is 2.71. The molecule has 24 heavy (non-hydrogen) atoms. The number of carbonyl (C=O) groups is 2. The van der Waals surface area contributed by atoms with Crippen LogP contribution in [0.4, 0.5) is 4.79 Å². The van der Waals surface area contributed by atoms with Crippen LogP contribution in [0.1, 0.15) is 31.0 Å². The number of carbonyl (C=O) groups excluding carboxylic acids is 2. The molecular formula is C15H24N4O5. The Labute approximate surface area is 140 Å². The molecule has 0 aromatic carbocycles. The fourth-order valence-corrected chi connectivity index (χ4v) is 2.71. The zero-order valence-corrected chi connectivity index (χ0v) is 14.4. The number of nitrogens with zero attached hydrogens (tertiary/aromatic N) is 4. The summed E-state index contributed by atoms with van der Waals surface area (Å²) >= 11 is 0. The molecule has 0 aliphatic carbocycles. The van der Waals surface area contributed by atoms with Gasteiger partial charge in [-0.2, -0.15) is 4.98 Å². The van der Waals surface area contributed by atoms with Gasteiger partial charge in [-0.15, -0.1) is 0 Å². The third-order valence-electron chi connectivity index (χ3n) is 3.99. The minimum absolute atomic E-state index is 0.156. The quantitative estimate of drug-likeness (QED) is 0.756. The first-order valence-electron chi connectivity index (χ1n) is 7.96. The molecule has 9 heteroatoms. The maximum Gasteiger partial charge on any atom is 0.410 e. The number of hydrogen-bond donors (Lipinski definition) is 0. The molecule has 1 atom stereocenters. The van der Waals surface area contributed by atoms with Crippen LogP contribution in [0.3, 0.4) is 0 Å². The average molecular weight is 340 g/mol. The largest absolute Gasteiger partial charge is 0.453 e. The van der Waals surface area contributed by atoms with Gasteiger partial charge in [0.2, 0.25) is 11.8 Å². The van der Waals surface area contributed by atoms with Gasteiger partial charge in [0.25, 0.3) is 0 Å². The molecule has 0 radical (unpaired) electrons. The summed E-state index contributed by atoms with van der Waals surface area (Å²) in [6.45, 7) is 1.23. The van der Waals surface area contributed by atoms with Gasteiger partial charge in [0, 0.05) is 27.1 Å². The molecule has 1 aromatic rings. The van der Waals surface area contributed by atoms with E-state index in [4.69, 9.17) is 14.0 Å². The number of aromatic nitrogens is 2. The summed E-state index contributed by atoms with van der Waals surface area (Å²) in [4.78, 5) is 31.7. The van der Waals surface area contributed by atoms with E-state index in [1.54, 1.807) is 14.2 Å². The van der Waals surface area contributed by atoms with Crippen molar-refractivity contribution in [3.8, 4) is 0 Å². The zero-order valence-electron chi connectivity index (χ0n) is 14.4. The third kappa shape index (κ3) is 4.44. The van der Waals surface area contributed by atoms with Gasteiger partial charge in [-0.05, 0) is 19.3 Å². The SMILES string of the molecule is COCCc1noc(CN(C)C(=O)[C@H]2CCCCN2C(=O)OC)n1. The third-order valence-corrected chi connectivity index (χ3v) is 3.99. The van der Waals surface area contributed by atoms with Gasteiger partial charge in [-0.3, -0.25) is 9.69 Å². The van der Waals surface area contributed by atoms with Gasteiger partial charge in [-0.25, -0.2) is 4.79 Å². The van der Waals surface area contributed by atoms with Crippen LogP contribution in [0.15, 0.2) is 4.52 Å². The number of ether oxygens (including phenoxy) is 2. The van der Waals surface area contributed by atoms with Crippen LogP contribution < -0.4 is 0 Å². The molecule has 0 unspecified atom stereocenters. The van der Waals surface area contributed by atoms with Gasteiger partial charge in [-0.1, -0.05) is 5.16 Å². The molecular weight excluding hydrogens is 316 g/mol. The van der Waals surface area contributed by atoms with Crippen LogP contribution in [-0.4, -0.2) is 72.4 Å². The molecule has 0 N–H and O–H groups in total. The van der Waals surface area contributed by atoms with Crippen LogP contribution in [0.25, 0.3) is 0 Å². The maximum absolute atomic E-state index is 12.7. The van der Waals surface area contributed by atoms with Gasteiger partial charge in [0.15, 0.2) is 5.82 Å². The van der Waals surface area contributed by atoms with Crippen molar-refractivity contribution >= 4 is 12.0 Å². The summed E-state index contributed by atoms with van der Waals surface area (Å²) in [5, 5.41) is 3.85. The molecule has 0 bridgehead atoms. The minimum atomic E-state index is -0.507.